The molecule has 1 amide bonds. The van der Waals surface area contributed by atoms with Crippen molar-refractivity contribution >= 4 is 29.2 Å². The number of amides is 1. The van der Waals surface area contributed by atoms with Crippen molar-refractivity contribution in [3.63, 3.8) is 0 Å². The van der Waals surface area contributed by atoms with Gasteiger partial charge >= 0.3 is 11.9 Å². The van der Waals surface area contributed by atoms with E-state index in [1.165, 1.54) is 37.7 Å². The number of hydrogen-bond acceptors (Lipinski definition) is 9. The van der Waals surface area contributed by atoms with Crippen LogP contribution in [0.25, 0.3) is 0 Å². The summed E-state index contributed by atoms with van der Waals surface area (Å²) >= 11 is 0. The Hall–Kier alpha value is -4.41. The monoisotopic (exact) mass is 480 g/mol. The molecular formula is C24H24N4O7. The molecule has 0 bridgehead atoms. The lowest BCUT2D eigenvalue weighted by atomic mass is 9.75. The number of nitrogens with zero attached hydrogens (tertiary/aromatic N) is 3. The van der Waals surface area contributed by atoms with Crippen LogP contribution >= 0.6 is 0 Å². The second-order valence-corrected chi connectivity index (χ2v) is 7.68. The topological polar surface area (TPSA) is 150 Å². The summed E-state index contributed by atoms with van der Waals surface area (Å²) in [4.78, 5) is 57.3. The van der Waals surface area contributed by atoms with E-state index < -0.39 is 28.7 Å². The van der Waals surface area contributed by atoms with E-state index >= 15 is 0 Å². The number of pyridine rings is 1. The smallest absolute Gasteiger partial charge is 0.336 e. The average molecular weight is 480 g/mol. The van der Waals surface area contributed by atoms with Crippen molar-refractivity contribution in [1.82, 2.24) is 10.3 Å². The zero-order valence-electron chi connectivity index (χ0n) is 19.4. The molecule has 2 unspecified atom stereocenters. The Bertz CT molecular complexity index is 1210. The van der Waals surface area contributed by atoms with Crippen molar-refractivity contribution in [1.29, 1.82) is 0 Å². The molecule has 11 heteroatoms. The predicted molar refractivity (Wildman–Crippen MR) is 125 cm³/mol. The van der Waals surface area contributed by atoms with Gasteiger partial charge in [0.25, 0.3) is 11.6 Å². The Labute approximate surface area is 201 Å². The summed E-state index contributed by atoms with van der Waals surface area (Å²) < 4.78 is 10.3. The molecule has 0 radical (unpaired) electrons. The highest BCUT2D eigenvalue weighted by molar-refractivity contribution is 6.07. The number of aliphatic imine (C=N–C) groups is 1. The maximum Gasteiger partial charge on any atom is 0.336 e. The first-order chi connectivity index (χ1) is 16.8. The van der Waals surface area contributed by atoms with Crippen molar-refractivity contribution in [2.75, 3.05) is 20.3 Å². The van der Waals surface area contributed by atoms with Crippen molar-refractivity contribution in [3.8, 4) is 0 Å². The third kappa shape index (κ3) is 5.57. The number of benzene rings is 1. The van der Waals surface area contributed by atoms with Crippen LogP contribution in [0.5, 0.6) is 0 Å². The number of nitrogens with one attached hydrogen (secondary N) is 1. The van der Waals surface area contributed by atoms with E-state index in [9.17, 15) is 24.5 Å². The van der Waals surface area contributed by atoms with Crippen LogP contribution in [0.15, 0.2) is 65.1 Å². The van der Waals surface area contributed by atoms with Crippen LogP contribution < -0.4 is 5.32 Å². The van der Waals surface area contributed by atoms with E-state index in [-0.39, 0.29) is 41.6 Å². The van der Waals surface area contributed by atoms with Crippen LogP contribution in [-0.2, 0) is 19.1 Å². The summed E-state index contributed by atoms with van der Waals surface area (Å²) in [5.74, 6) is -3.97. The first kappa shape index (κ1) is 25.2. The number of nitro groups is 1. The molecular weight excluding hydrogens is 456 g/mol. The summed E-state index contributed by atoms with van der Waals surface area (Å²) in [6, 6.07) is 9.09. The molecule has 1 aliphatic heterocycles. The molecule has 2 atom stereocenters. The molecule has 3 rings (SSSR count). The third-order valence-corrected chi connectivity index (χ3v) is 5.52. The van der Waals surface area contributed by atoms with Crippen LogP contribution in [-0.4, -0.2) is 53.7 Å². The fourth-order valence-corrected chi connectivity index (χ4v) is 3.97. The summed E-state index contributed by atoms with van der Waals surface area (Å²) in [6.45, 7) is 3.02. The van der Waals surface area contributed by atoms with Gasteiger partial charge < -0.3 is 14.8 Å². The summed E-state index contributed by atoms with van der Waals surface area (Å²) in [6.07, 6.45) is 2.94. The maximum absolute atomic E-state index is 13.2. The molecule has 1 aromatic carbocycles. The van der Waals surface area contributed by atoms with Crippen LogP contribution in [0.2, 0.25) is 0 Å². The number of nitro benzene ring substituents is 1. The molecule has 2 heterocycles. The quantitative estimate of drug-likeness (QED) is 0.262. The molecule has 1 N–H and O–H groups in total. The highest BCUT2D eigenvalue weighted by Gasteiger charge is 2.44. The number of ether oxygens (including phenoxy) is 2. The summed E-state index contributed by atoms with van der Waals surface area (Å²) in [5.41, 5.74) is 0.917. The Balaban J connectivity index is 1.86. The molecule has 35 heavy (non-hydrogen) atoms. The lowest BCUT2D eigenvalue weighted by molar-refractivity contribution is -0.385. The van der Waals surface area contributed by atoms with Crippen molar-refractivity contribution in [2.45, 2.75) is 19.8 Å². The molecule has 1 aliphatic rings. The van der Waals surface area contributed by atoms with Gasteiger partial charge in [-0.15, -0.1) is 0 Å². The van der Waals surface area contributed by atoms with E-state index in [1.54, 1.807) is 32.0 Å². The minimum Gasteiger partial charge on any atom is -0.468 e. The lowest BCUT2D eigenvalue weighted by Gasteiger charge is -2.31. The lowest BCUT2D eigenvalue weighted by Crippen LogP contribution is -2.37. The van der Waals surface area contributed by atoms with Gasteiger partial charge in [-0.2, -0.15) is 0 Å². The van der Waals surface area contributed by atoms with Crippen LogP contribution in [0.3, 0.4) is 0 Å². The SMILES string of the molecule is COC(=O)C1C(C)=NC(C)=C(C(=O)OCCNC(=O)c2cccnc2)C1c1ccccc1[N+](=O)[O-]. The van der Waals surface area contributed by atoms with Gasteiger partial charge in [0, 0.05) is 41.4 Å². The molecule has 0 saturated heterocycles. The van der Waals surface area contributed by atoms with Gasteiger partial charge in [-0.05, 0) is 26.0 Å². The Kier molecular flexibility index (Phi) is 8.03. The minimum atomic E-state index is -1.06. The van der Waals surface area contributed by atoms with Gasteiger partial charge in [0.05, 0.1) is 29.7 Å². The average Bonchev–Trinajstić information content (AvgIpc) is 2.85. The standard InChI is InChI=1S/C24H24N4O7/c1-14-19(23(30)34-3)21(17-8-4-5-9-18(17)28(32)33)20(15(2)27-14)24(31)35-12-11-26-22(29)16-7-6-10-25-13-16/h4-10,13,19,21H,11-12H2,1-3H3,(H,26,29). The van der Waals surface area contributed by atoms with Crippen molar-refractivity contribution < 1.29 is 28.8 Å². The first-order valence-corrected chi connectivity index (χ1v) is 10.7. The molecule has 182 valence electrons. The molecule has 11 nitrogen and oxygen atoms in total. The Morgan fingerprint density at radius 1 is 1.14 bits per heavy atom. The normalized spacial score (nSPS) is 17.3. The molecule has 0 aliphatic carbocycles. The molecule has 0 spiro atoms. The van der Waals surface area contributed by atoms with Crippen LogP contribution in [0.4, 0.5) is 5.69 Å². The number of para-hydroxylation sites is 1. The number of allylic oxidation sites excluding steroid dienone is 1. The summed E-state index contributed by atoms with van der Waals surface area (Å²) in [7, 11) is 1.19. The second kappa shape index (κ2) is 11.1. The van der Waals surface area contributed by atoms with Crippen LogP contribution in [0, 0.1) is 16.0 Å². The van der Waals surface area contributed by atoms with Crippen molar-refractivity contribution in [3.05, 3.63) is 81.3 Å². The third-order valence-electron chi connectivity index (χ3n) is 5.52. The van der Waals surface area contributed by atoms with Gasteiger partial charge in [0.15, 0.2) is 0 Å². The number of rotatable bonds is 8. The van der Waals surface area contributed by atoms with Gasteiger partial charge in [-0.25, -0.2) is 4.79 Å². The number of carbonyl (C=O) groups excluding carboxylic acids is 3. The Morgan fingerprint density at radius 2 is 1.89 bits per heavy atom. The highest BCUT2D eigenvalue weighted by Crippen LogP contribution is 2.43. The number of esters is 2. The van der Waals surface area contributed by atoms with Gasteiger partial charge in [0.1, 0.15) is 12.5 Å². The van der Waals surface area contributed by atoms with E-state index in [1.807, 2.05) is 0 Å². The van der Waals surface area contributed by atoms with E-state index in [0.29, 0.717) is 11.3 Å². The minimum absolute atomic E-state index is 0.0129. The largest absolute Gasteiger partial charge is 0.468 e. The highest BCUT2D eigenvalue weighted by atomic mass is 16.6. The molecule has 2 aromatic rings. The zero-order chi connectivity index (χ0) is 25.5. The second-order valence-electron chi connectivity index (χ2n) is 7.68. The van der Waals surface area contributed by atoms with Crippen molar-refractivity contribution in [2.24, 2.45) is 10.9 Å². The van der Waals surface area contributed by atoms with E-state index in [4.69, 9.17) is 9.47 Å². The fraction of sp³-hybridized carbons (Fsp3) is 0.292. The number of carbonyl (C=O) groups is 3. The van der Waals surface area contributed by atoms with Gasteiger partial charge in [-0.1, -0.05) is 18.2 Å². The molecule has 0 saturated carbocycles. The zero-order valence-corrected chi connectivity index (χ0v) is 19.4. The summed E-state index contributed by atoms with van der Waals surface area (Å²) in [5, 5.41) is 14.3. The number of hydrogen-bond donors (Lipinski definition) is 1. The van der Waals surface area contributed by atoms with E-state index in [0.717, 1.165) is 0 Å². The first-order valence-electron chi connectivity index (χ1n) is 10.7. The van der Waals surface area contributed by atoms with Crippen LogP contribution in [0.1, 0.15) is 35.7 Å². The number of methoxy groups -OCH3 is 1. The predicted octanol–water partition coefficient (Wildman–Crippen LogP) is 2.58. The number of aromatic nitrogens is 1. The fourth-order valence-electron chi connectivity index (χ4n) is 3.97. The van der Waals surface area contributed by atoms with Gasteiger partial charge in [0.2, 0.25) is 0 Å². The molecule has 0 fully saturated rings. The van der Waals surface area contributed by atoms with E-state index in [2.05, 4.69) is 15.3 Å². The van der Waals surface area contributed by atoms with Gasteiger partial charge in [-0.3, -0.25) is 29.7 Å². The molecule has 1 aromatic heterocycles. The Morgan fingerprint density at radius 3 is 2.54 bits per heavy atom. The maximum atomic E-state index is 13.2.